The summed E-state index contributed by atoms with van der Waals surface area (Å²) >= 11 is 0. The zero-order valence-electron chi connectivity index (χ0n) is 13.5. The molecule has 1 aliphatic rings. The monoisotopic (exact) mass is 325 g/mol. The summed E-state index contributed by atoms with van der Waals surface area (Å²) in [5, 5.41) is 15.7. The Bertz CT molecular complexity index is 882. The first-order chi connectivity index (χ1) is 11.7. The fourth-order valence-corrected chi connectivity index (χ4v) is 2.91. The van der Waals surface area contributed by atoms with Crippen molar-refractivity contribution in [3.05, 3.63) is 30.6 Å². The number of hydrogen-bond acceptors (Lipinski definition) is 4. The van der Waals surface area contributed by atoms with Crippen molar-refractivity contribution < 1.29 is 9.53 Å². The number of aromatic amines is 1. The van der Waals surface area contributed by atoms with Gasteiger partial charge in [-0.3, -0.25) is 14.6 Å². The maximum absolute atomic E-state index is 11.9. The Hall–Kier alpha value is -2.83. The van der Waals surface area contributed by atoms with Gasteiger partial charge in [-0.2, -0.15) is 10.2 Å². The van der Waals surface area contributed by atoms with Gasteiger partial charge in [0.1, 0.15) is 11.4 Å². The average Bonchev–Trinajstić information content (AvgIpc) is 3.18. The van der Waals surface area contributed by atoms with E-state index in [0.717, 1.165) is 34.3 Å². The van der Waals surface area contributed by atoms with E-state index in [9.17, 15) is 4.79 Å². The molecule has 0 radical (unpaired) electrons. The van der Waals surface area contributed by atoms with Crippen LogP contribution in [0.4, 0.5) is 0 Å². The van der Waals surface area contributed by atoms with Crippen LogP contribution in [-0.2, 0) is 11.3 Å². The van der Waals surface area contributed by atoms with Crippen molar-refractivity contribution in [2.45, 2.75) is 32.4 Å². The largest absolute Gasteiger partial charge is 0.491 e. The lowest BCUT2D eigenvalue weighted by atomic mass is 10.1. The molecule has 0 aliphatic carbocycles. The van der Waals surface area contributed by atoms with Crippen LogP contribution in [-0.4, -0.2) is 38.5 Å². The number of H-pyrrole nitrogens is 1. The van der Waals surface area contributed by atoms with Crippen molar-refractivity contribution in [2.75, 3.05) is 6.54 Å². The number of fused-ring (bicyclic) bond motifs is 4. The van der Waals surface area contributed by atoms with Crippen molar-refractivity contribution in [1.29, 1.82) is 0 Å². The number of nitrogens with one attached hydrogen (secondary N) is 2. The first-order valence-corrected chi connectivity index (χ1v) is 8.13. The molecule has 1 amide bonds. The minimum atomic E-state index is 0.0178. The highest BCUT2D eigenvalue weighted by molar-refractivity contribution is 5.93. The molecule has 3 aromatic rings. The first-order valence-electron chi connectivity index (χ1n) is 8.13. The summed E-state index contributed by atoms with van der Waals surface area (Å²) in [6.45, 7) is 3.16. The summed E-state index contributed by atoms with van der Waals surface area (Å²) in [5.74, 6) is 0.822. The standard InChI is InChI=1S/C17H19N5O2/c1-11-4-6-18-16(23)5-7-22-10-12(9-19-22)17-14-8-13(24-11)2-3-15(14)20-21-17/h2-3,8-11H,4-7H2,1H3,(H,18,23)(H,20,21)/t11-/m1/s1. The van der Waals surface area contributed by atoms with Gasteiger partial charge in [0.05, 0.1) is 17.8 Å². The molecule has 1 aromatic carbocycles. The molecule has 7 nitrogen and oxygen atoms in total. The number of nitrogens with zero attached hydrogens (tertiary/aromatic N) is 3. The van der Waals surface area contributed by atoms with Crippen LogP contribution in [0.1, 0.15) is 19.8 Å². The summed E-state index contributed by atoms with van der Waals surface area (Å²) in [4.78, 5) is 11.9. The van der Waals surface area contributed by atoms with Gasteiger partial charge in [0.15, 0.2) is 0 Å². The SMILES string of the molecule is C[C@@H]1CCNC(=O)CCn2cc(cn2)-c2n[nH]c3ccc(cc23)O1. The molecular formula is C17H19N5O2. The predicted molar refractivity (Wildman–Crippen MR) is 89.6 cm³/mol. The van der Waals surface area contributed by atoms with Gasteiger partial charge in [-0.15, -0.1) is 0 Å². The molecule has 3 heterocycles. The van der Waals surface area contributed by atoms with Crippen molar-refractivity contribution in [3.63, 3.8) is 0 Å². The van der Waals surface area contributed by atoms with E-state index in [0.29, 0.717) is 19.5 Å². The Morgan fingerprint density at radius 1 is 1.38 bits per heavy atom. The summed E-state index contributed by atoms with van der Waals surface area (Å²) in [6, 6.07) is 5.90. The van der Waals surface area contributed by atoms with E-state index >= 15 is 0 Å². The summed E-state index contributed by atoms with van der Waals surface area (Å²) in [5.41, 5.74) is 2.72. The number of amides is 1. The van der Waals surface area contributed by atoms with Crippen LogP contribution in [0.25, 0.3) is 22.2 Å². The van der Waals surface area contributed by atoms with Crippen molar-refractivity contribution >= 4 is 16.8 Å². The van der Waals surface area contributed by atoms with Gasteiger partial charge in [0.2, 0.25) is 5.91 Å². The number of carbonyl (C=O) groups is 1. The Labute approximate surface area is 139 Å². The van der Waals surface area contributed by atoms with Crippen LogP contribution in [0, 0.1) is 0 Å². The summed E-state index contributed by atoms with van der Waals surface area (Å²) < 4.78 is 7.75. The summed E-state index contributed by atoms with van der Waals surface area (Å²) in [6.07, 6.45) is 4.87. The maximum atomic E-state index is 11.9. The van der Waals surface area contributed by atoms with E-state index in [1.54, 1.807) is 10.9 Å². The Balaban J connectivity index is 1.76. The fraction of sp³-hybridized carbons (Fsp3) is 0.353. The number of rotatable bonds is 0. The van der Waals surface area contributed by atoms with Gasteiger partial charge < -0.3 is 10.1 Å². The van der Waals surface area contributed by atoms with Crippen LogP contribution in [0.15, 0.2) is 30.6 Å². The first kappa shape index (κ1) is 14.7. The van der Waals surface area contributed by atoms with Gasteiger partial charge in [0, 0.05) is 43.1 Å². The number of carbonyl (C=O) groups excluding carboxylic acids is 1. The zero-order valence-corrected chi connectivity index (χ0v) is 13.5. The molecule has 0 unspecified atom stereocenters. The van der Waals surface area contributed by atoms with Crippen LogP contribution >= 0.6 is 0 Å². The quantitative estimate of drug-likeness (QED) is 0.663. The predicted octanol–water partition coefficient (Wildman–Crippen LogP) is 2.10. The lowest BCUT2D eigenvalue weighted by Crippen LogP contribution is -2.28. The second kappa shape index (κ2) is 5.99. The molecule has 0 saturated carbocycles. The third kappa shape index (κ3) is 2.84. The number of hydrogen-bond donors (Lipinski definition) is 2. The van der Waals surface area contributed by atoms with E-state index in [1.165, 1.54) is 0 Å². The molecule has 4 rings (SSSR count). The number of aromatic nitrogens is 4. The molecule has 2 N–H and O–H groups in total. The molecule has 4 bridgehead atoms. The Kier molecular flexibility index (Phi) is 3.68. The lowest BCUT2D eigenvalue weighted by Gasteiger charge is -2.15. The van der Waals surface area contributed by atoms with Gasteiger partial charge in [-0.25, -0.2) is 0 Å². The number of aryl methyl sites for hydroxylation is 1. The minimum Gasteiger partial charge on any atom is -0.491 e. The number of ether oxygens (including phenoxy) is 1. The molecule has 1 aliphatic heterocycles. The maximum Gasteiger partial charge on any atom is 0.221 e. The van der Waals surface area contributed by atoms with Gasteiger partial charge in [-0.05, 0) is 25.1 Å². The topological polar surface area (TPSA) is 84.8 Å². The van der Waals surface area contributed by atoms with Crippen LogP contribution in [0.3, 0.4) is 0 Å². The molecule has 124 valence electrons. The van der Waals surface area contributed by atoms with Crippen molar-refractivity contribution in [2.24, 2.45) is 0 Å². The fourth-order valence-electron chi connectivity index (χ4n) is 2.91. The molecule has 1 atom stereocenters. The molecule has 7 heteroatoms. The van der Waals surface area contributed by atoms with E-state index in [2.05, 4.69) is 20.6 Å². The Morgan fingerprint density at radius 3 is 3.21 bits per heavy atom. The third-order valence-corrected chi connectivity index (χ3v) is 4.22. The van der Waals surface area contributed by atoms with Crippen LogP contribution < -0.4 is 10.1 Å². The molecular weight excluding hydrogens is 306 g/mol. The van der Waals surface area contributed by atoms with Gasteiger partial charge >= 0.3 is 0 Å². The second-order valence-electron chi connectivity index (χ2n) is 6.09. The Morgan fingerprint density at radius 2 is 2.29 bits per heavy atom. The molecule has 24 heavy (non-hydrogen) atoms. The minimum absolute atomic E-state index is 0.0178. The second-order valence-corrected chi connectivity index (χ2v) is 6.09. The highest BCUT2D eigenvalue weighted by Crippen LogP contribution is 2.29. The van der Waals surface area contributed by atoms with Crippen LogP contribution in [0.5, 0.6) is 5.75 Å². The zero-order chi connectivity index (χ0) is 16.5. The smallest absolute Gasteiger partial charge is 0.221 e. The van der Waals surface area contributed by atoms with Crippen molar-refractivity contribution in [1.82, 2.24) is 25.3 Å². The van der Waals surface area contributed by atoms with E-state index in [1.807, 2.05) is 31.3 Å². The average molecular weight is 325 g/mol. The highest BCUT2D eigenvalue weighted by Gasteiger charge is 2.14. The number of benzene rings is 1. The van der Waals surface area contributed by atoms with E-state index < -0.39 is 0 Å². The lowest BCUT2D eigenvalue weighted by molar-refractivity contribution is -0.121. The van der Waals surface area contributed by atoms with Crippen LogP contribution in [0.2, 0.25) is 0 Å². The van der Waals surface area contributed by atoms with E-state index in [4.69, 9.17) is 4.74 Å². The molecule has 0 spiro atoms. The molecule has 0 saturated heterocycles. The molecule has 2 aromatic heterocycles. The van der Waals surface area contributed by atoms with Gasteiger partial charge in [0.25, 0.3) is 0 Å². The molecule has 0 fully saturated rings. The highest BCUT2D eigenvalue weighted by atomic mass is 16.5. The third-order valence-electron chi connectivity index (χ3n) is 4.22. The van der Waals surface area contributed by atoms with Gasteiger partial charge in [-0.1, -0.05) is 0 Å². The van der Waals surface area contributed by atoms with E-state index in [-0.39, 0.29) is 12.0 Å². The normalized spacial score (nSPS) is 18.7. The van der Waals surface area contributed by atoms with Crippen molar-refractivity contribution in [3.8, 4) is 17.0 Å². The summed E-state index contributed by atoms with van der Waals surface area (Å²) in [7, 11) is 0.